The van der Waals surface area contributed by atoms with E-state index >= 15 is 0 Å². The summed E-state index contributed by atoms with van der Waals surface area (Å²) in [7, 11) is 0. The smallest absolute Gasteiger partial charge is 0.252 e. The van der Waals surface area contributed by atoms with Gasteiger partial charge in [0.05, 0.1) is 21.9 Å². The van der Waals surface area contributed by atoms with E-state index in [1.807, 2.05) is 35.2 Å². The van der Waals surface area contributed by atoms with Crippen LogP contribution in [0.4, 0.5) is 0 Å². The van der Waals surface area contributed by atoms with Gasteiger partial charge in [-0.15, -0.1) is 0 Å². The predicted molar refractivity (Wildman–Crippen MR) is 98.8 cm³/mol. The van der Waals surface area contributed by atoms with Gasteiger partial charge < -0.3 is 10.2 Å². The molecule has 0 bridgehead atoms. The second-order valence-electron chi connectivity index (χ2n) is 6.65. The van der Waals surface area contributed by atoms with Gasteiger partial charge in [-0.1, -0.05) is 30.0 Å². The quantitative estimate of drug-likeness (QED) is 0.838. The molecule has 2 heterocycles. The molecule has 2 amide bonds. The molecule has 6 heteroatoms. The maximum atomic E-state index is 12.6. The van der Waals surface area contributed by atoms with Gasteiger partial charge in [0.2, 0.25) is 5.91 Å². The molecular weight excluding hydrogens is 334 g/mol. The Morgan fingerprint density at radius 2 is 1.96 bits per heavy atom. The molecule has 1 saturated heterocycles. The number of nitrogens with zero attached hydrogens (tertiary/aromatic N) is 2. The summed E-state index contributed by atoms with van der Waals surface area (Å²) in [6, 6.07) is 9.81. The first kappa shape index (κ1) is 16.4. The average Bonchev–Trinajstić information content (AvgIpc) is 3.27. The van der Waals surface area contributed by atoms with Crippen LogP contribution in [0.5, 0.6) is 0 Å². The third-order valence-corrected chi connectivity index (χ3v) is 5.55. The molecule has 1 N–H and O–H groups in total. The van der Waals surface area contributed by atoms with Gasteiger partial charge in [-0.05, 0) is 37.8 Å². The molecule has 4 rings (SSSR count). The minimum Gasteiger partial charge on any atom is -0.349 e. The molecule has 1 aliphatic heterocycles. The van der Waals surface area contributed by atoms with Gasteiger partial charge >= 0.3 is 0 Å². The van der Waals surface area contributed by atoms with Gasteiger partial charge in [0, 0.05) is 24.5 Å². The minimum absolute atomic E-state index is 0.0474. The highest BCUT2D eigenvalue weighted by Gasteiger charge is 2.25. The van der Waals surface area contributed by atoms with Crippen LogP contribution in [0.25, 0.3) is 10.9 Å². The number of fused-ring (bicyclic) bond motifs is 1. The van der Waals surface area contributed by atoms with Gasteiger partial charge in [-0.25, -0.2) is 4.98 Å². The van der Waals surface area contributed by atoms with Gasteiger partial charge in [-0.3, -0.25) is 9.59 Å². The standard InChI is InChI=1S/C19H21N3O2S/c23-18(22-9-3-4-10-22)12-25-17-11-15(19(24)20-13-7-8-13)14-5-1-2-6-16(14)21-17/h1-2,5-6,11,13H,3-4,7-10,12H2,(H,20,24). The lowest BCUT2D eigenvalue weighted by Gasteiger charge is -2.15. The van der Waals surface area contributed by atoms with Crippen molar-refractivity contribution in [2.75, 3.05) is 18.8 Å². The van der Waals surface area contributed by atoms with Crippen LogP contribution in [0.3, 0.4) is 0 Å². The molecule has 0 spiro atoms. The number of nitrogens with one attached hydrogen (secondary N) is 1. The van der Waals surface area contributed by atoms with Crippen molar-refractivity contribution in [1.29, 1.82) is 0 Å². The van der Waals surface area contributed by atoms with Crippen LogP contribution < -0.4 is 5.32 Å². The van der Waals surface area contributed by atoms with E-state index in [2.05, 4.69) is 10.3 Å². The Kier molecular flexibility index (Phi) is 4.61. The van der Waals surface area contributed by atoms with E-state index in [4.69, 9.17) is 0 Å². The largest absolute Gasteiger partial charge is 0.349 e. The van der Waals surface area contributed by atoms with Crippen LogP contribution in [0, 0.1) is 0 Å². The average molecular weight is 355 g/mol. The molecule has 1 aromatic carbocycles. The lowest BCUT2D eigenvalue weighted by molar-refractivity contribution is -0.127. The highest BCUT2D eigenvalue weighted by atomic mass is 32.2. The maximum absolute atomic E-state index is 12.6. The van der Waals surface area contributed by atoms with E-state index in [1.165, 1.54) is 11.8 Å². The van der Waals surface area contributed by atoms with Gasteiger partial charge in [0.15, 0.2) is 0 Å². The van der Waals surface area contributed by atoms with E-state index in [9.17, 15) is 9.59 Å². The number of hydrogen-bond donors (Lipinski definition) is 1. The number of rotatable bonds is 5. The van der Waals surface area contributed by atoms with E-state index in [1.54, 1.807) is 0 Å². The van der Waals surface area contributed by atoms with Crippen molar-refractivity contribution in [2.45, 2.75) is 36.8 Å². The highest BCUT2D eigenvalue weighted by molar-refractivity contribution is 7.99. The van der Waals surface area contributed by atoms with Crippen LogP contribution >= 0.6 is 11.8 Å². The summed E-state index contributed by atoms with van der Waals surface area (Å²) in [6.07, 6.45) is 4.30. The molecule has 1 aromatic heterocycles. The Bertz CT molecular complexity index is 813. The summed E-state index contributed by atoms with van der Waals surface area (Å²) in [5.74, 6) is 0.477. The van der Waals surface area contributed by atoms with Gasteiger partial charge in [0.1, 0.15) is 0 Å². The Morgan fingerprint density at radius 3 is 2.72 bits per heavy atom. The van der Waals surface area contributed by atoms with Crippen molar-refractivity contribution in [3.05, 3.63) is 35.9 Å². The second kappa shape index (κ2) is 7.04. The number of para-hydroxylation sites is 1. The normalized spacial score (nSPS) is 17.0. The Balaban J connectivity index is 1.55. The summed E-state index contributed by atoms with van der Waals surface area (Å²) in [6.45, 7) is 1.72. The lowest BCUT2D eigenvalue weighted by Crippen LogP contribution is -2.29. The third-order valence-electron chi connectivity index (χ3n) is 4.65. The van der Waals surface area contributed by atoms with Crippen molar-refractivity contribution in [1.82, 2.24) is 15.2 Å². The first-order valence-corrected chi connectivity index (χ1v) is 9.80. The fourth-order valence-corrected chi connectivity index (χ4v) is 3.92. The van der Waals surface area contributed by atoms with Crippen molar-refractivity contribution in [3.63, 3.8) is 0 Å². The third kappa shape index (κ3) is 3.79. The van der Waals surface area contributed by atoms with Crippen LogP contribution in [0.15, 0.2) is 35.4 Å². The second-order valence-corrected chi connectivity index (χ2v) is 7.65. The molecule has 1 saturated carbocycles. The molecule has 0 atom stereocenters. The monoisotopic (exact) mass is 355 g/mol. The number of likely N-dealkylation sites (tertiary alicyclic amines) is 1. The minimum atomic E-state index is -0.0474. The summed E-state index contributed by atoms with van der Waals surface area (Å²) >= 11 is 1.41. The summed E-state index contributed by atoms with van der Waals surface area (Å²) in [5.41, 5.74) is 1.44. The number of aromatic nitrogens is 1. The number of benzene rings is 1. The van der Waals surface area contributed by atoms with Gasteiger partial charge in [-0.2, -0.15) is 0 Å². The summed E-state index contributed by atoms with van der Waals surface area (Å²) in [5, 5.41) is 4.63. The van der Waals surface area contributed by atoms with Crippen LogP contribution in [0.1, 0.15) is 36.0 Å². The SMILES string of the molecule is O=C(NC1CC1)c1cc(SCC(=O)N2CCCC2)nc2ccccc12. The molecule has 2 fully saturated rings. The topological polar surface area (TPSA) is 62.3 Å². The molecule has 0 radical (unpaired) electrons. The fraction of sp³-hybridized carbons (Fsp3) is 0.421. The highest BCUT2D eigenvalue weighted by Crippen LogP contribution is 2.26. The molecule has 1 aliphatic carbocycles. The molecule has 130 valence electrons. The van der Waals surface area contributed by atoms with Crippen LogP contribution in [-0.2, 0) is 4.79 Å². The Morgan fingerprint density at radius 1 is 1.20 bits per heavy atom. The Hall–Kier alpha value is -2.08. The van der Waals surface area contributed by atoms with E-state index in [0.717, 1.165) is 54.7 Å². The zero-order chi connectivity index (χ0) is 17.2. The maximum Gasteiger partial charge on any atom is 0.252 e. The van der Waals surface area contributed by atoms with E-state index in [-0.39, 0.29) is 11.8 Å². The molecule has 2 aliphatic rings. The molecule has 2 aromatic rings. The van der Waals surface area contributed by atoms with Crippen molar-refractivity contribution < 1.29 is 9.59 Å². The first-order chi connectivity index (χ1) is 12.2. The van der Waals surface area contributed by atoms with Crippen molar-refractivity contribution >= 4 is 34.5 Å². The number of hydrogen-bond acceptors (Lipinski definition) is 4. The summed E-state index contributed by atoms with van der Waals surface area (Å²) < 4.78 is 0. The first-order valence-electron chi connectivity index (χ1n) is 8.82. The molecule has 25 heavy (non-hydrogen) atoms. The zero-order valence-electron chi connectivity index (χ0n) is 14.0. The number of pyridine rings is 1. The Labute approximate surface area is 151 Å². The number of carbonyl (C=O) groups excluding carboxylic acids is 2. The lowest BCUT2D eigenvalue weighted by atomic mass is 10.1. The molecule has 5 nitrogen and oxygen atoms in total. The molecular formula is C19H21N3O2S. The van der Waals surface area contributed by atoms with Crippen LogP contribution in [-0.4, -0.2) is 46.6 Å². The van der Waals surface area contributed by atoms with E-state index in [0.29, 0.717) is 17.4 Å². The van der Waals surface area contributed by atoms with E-state index < -0.39 is 0 Å². The predicted octanol–water partition coefficient (Wildman–Crippen LogP) is 2.84. The number of amides is 2. The van der Waals surface area contributed by atoms with Gasteiger partial charge in [0.25, 0.3) is 5.91 Å². The van der Waals surface area contributed by atoms with Crippen molar-refractivity contribution in [2.24, 2.45) is 0 Å². The zero-order valence-corrected chi connectivity index (χ0v) is 14.8. The van der Waals surface area contributed by atoms with Crippen molar-refractivity contribution in [3.8, 4) is 0 Å². The molecule has 0 unspecified atom stereocenters. The number of carbonyl (C=O) groups is 2. The summed E-state index contributed by atoms with van der Waals surface area (Å²) in [4.78, 5) is 31.4. The van der Waals surface area contributed by atoms with Crippen LogP contribution in [0.2, 0.25) is 0 Å². The fourth-order valence-electron chi connectivity index (χ4n) is 3.10. The number of thioether (sulfide) groups is 1.